The van der Waals surface area contributed by atoms with E-state index in [1.807, 2.05) is 30.3 Å². The van der Waals surface area contributed by atoms with Crippen LogP contribution in [-0.2, 0) is 16.1 Å². The van der Waals surface area contributed by atoms with Gasteiger partial charge in [-0.25, -0.2) is 0 Å². The molecule has 1 aliphatic heterocycles. The third-order valence-corrected chi connectivity index (χ3v) is 2.89. The first-order chi connectivity index (χ1) is 8.36. The van der Waals surface area contributed by atoms with Gasteiger partial charge in [-0.1, -0.05) is 30.3 Å². The number of ether oxygens (including phenoxy) is 1. The van der Waals surface area contributed by atoms with Crippen molar-refractivity contribution in [1.82, 2.24) is 10.9 Å². The van der Waals surface area contributed by atoms with Crippen LogP contribution >= 0.6 is 0 Å². The maximum absolute atomic E-state index is 11.8. The highest BCUT2D eigenvalue weighted by atomic mass is 16.5. The summed E-state index contributed by atoms with van der Waals surface area (Å²) < 4.78 is 5.32. The number of hydrazine groups is 1. The molecule has 1 heterocycles. The normalized spacial score (nSPS) is 20.6. The Morgan fingerprint density at radius 3 is 2.94 bits per heavy atom. The molecule has 92 valence electrons. The quantitative estimate of drug-likeness (QED) is 0.772. The van der Waals surface area contributed by atoms with Gasteiger partial charge in [0.05, 0.1) is 5.92 Å². The number of carbonyl (C=O) groups excluding carboxylic acids is 1. The van der Waals surface area contributed by atoms with E-state index in [9.17, 15) is 4.79 Å². The van der Waals surface area contributed by atoms with E-state index in [-0.39, 0.29) is 11.9 Å². The lowest BCUT2D eigenvalue weighted by molar-refractivity contribution is -0.149. The minimum absolute atomic E-state index is 0.0336. The van der Waals surface area contributed by atoms with Gasteiger partial charge in [-0.05, 0) is 18.4 Å². The van der Waals surface area contributed by atoms with Gasteiger partial charge in [0.1, 0.15) is 6.61 Å². The third kappa shape index (κ3) is 3.84. The average molecular weight is 234 g/mol. The van der Waals surface area contributed by atoms with Gasteiger partial charge < -0.3 is 4.74 Å². The van der Waals surface area contributed by atoms with E-state index in [4.69, 9.17) is 4.74 Å². The zero-order chi connectivity index (χ0) is 11.9. The molecule has 2 rings (SSSR count). The van der Waals surface area contributed by atoms with Crippen molar-refractivity contribution < 1.29 is 9.53 Å². The average Bonchev–Trinajstić information content (AvgIpc) is 2.66. The summed E-state index contributed by atoms with van der Waals surface area (Å²) in [5.74, 6) is -0.140. The molecule has 0 radical (unpaired) electrons. The minimum Gasteiger partial charge on any atom is -0.461 e. The lowest BCUT2D eigenvalue weighted by atomic mass is 10.0. The molecule has 4 heteroatoms. The molecule has 1 fully saturated rings. The molecule has 4 nitrogen and oxygen atoms in total. The molecule has 1 aliphatic rings. The number of carbonyl (C=O) groups is 1. The largest absolute Gasteiger partial charge is 0.461 e. The Balaban J connectivity index is 1.80. The first-order valence-corrected chi connectivity index (χ1v) is 6.02. The Bertz CT molecular complexity index is 346. The molecule has 17 heavy (non-hydrogen) atoms. The lowest BCUT2D eigenvalue weighted by Crippen LogP contribution is -2.35. The standard InChI is InChI=1S/C13H18N2O2/c16-13(12-7-4-8-14-15-9-12)17-10-11-5-2-1-3-6-11/h1-3,5-6,12,14-15H,4,7-10H2. The molecule has 0 saturated carbocycles. The highest BCUT2D eigenvalue weighted by Gasteiger charge is 2.21. The topological polar surface area (TPSA) is 50.4 Å². The van der Waals surface area contributed by atoms with E-state index in [1.54, 1.807) is 0 Å². The van der Waals surface area contributed by atoms with E-state index in [0.717, 1.165) is 24.9 Å². The van der Waals surface area contributed by atoms with Crippen LogP contribution in [0.4, 0.5) is 0 Å². The number of nitrogens with one attached hydrogen (secondary N) is 2. The molecule has 1 aromatic carbocycles. The van der Waals surface area contributed by atoms with Gasteiger partial charge in [0.2, 0.25) is 0 Å². The van der Waals surface area contributed by atoms with Crippen LogP contribution in [0.3, 0.4) is 0 Å². The van der Waals surface area contributed by atoms with Crippen LogP contribution in [-0.4, -0.2) is 19.1 Å². The summed E-state index contributed by atoms with van der Waals surface area (Å²) in [7, 11) is 0. The maximum Gasteiger partial charge on any atom is 0.310 e. The number of rotatable bonds is 3. The molecule has 2 N–H and O–H groups in total. The summed E-state index contributed by atoms with van der Waals surface area (Å²) in [6.45, 7) is 1.92. The summed E-state index contributed by atoms with van der Waals surface area (Å²) in [4.78, 5) is 11.8. The van der Waals surface area contributed by atoms with E-state index < -0.39 is 0 Å². The molecular formula is C13H18N2O2. The minimum atomic E-state index is -0.106. The van der Waals surface area contributed by atoms with Crippen molar-refractivity contribution in [2.24, 2.45) is 5.92 Å². The van der Waals surface area contributed by atoms with Crippen LogP contribution in [0.25, 0.3) is 0 Å². The molecular weight excluding hydrogens is 216 g/mol. The van der Waals surface area contributed by atoms with E-state index in [1.165, 1.54) is 0 Å². The number of hydrogen-bond donors (Lipinski definition) is 2. The van der Waals surface area contributed by atoms with Gasteiger partial charge in [0, 0.05) is 13.1 Å². The predicted molar refractivity (Wildman–Crippen MR) is 65.0 cm³/mol. The van der Waals surface area contributed by atoms with Gasteiger partial charge >= 0.3 is 5.97 Å². The molecule has 0 spiro atoms. The van der Waals surface area contributed by atoms with Crippen LogP contribution in [0.5, 0.6) is 0 Å². The van der Waals surface area contributed by atoms with Gasteiger partial charge in [-0.3, -0.25) is 15.6 Å². The van der Waals surface area contributed by atoms with Crippen LogP contribution in [0, 0.1) is 5.92 Å². The maximum atomic E-state index is 11.8. The molecule has 1 aromatic rings. The Morgan fingerprint density at radius 1 is 1.29 bits per heavy atom. The predicted octanol–water partition coefficient (Wildman–Crippen LogP) is 1.23. The highest BCUT2D eigenvalue weighted by Crippen LogP contribution is 2.11. The summed E-state index contributed by atoms with van der Waals surface area (Å²) in [5, 5.41) is 0. The van der Waals surface area contributed by atoms with Crippen LogP contribution in [0.2, 0.25) is 0 Å². The monoisotopic (exact) mass is 234 g/mol. The fraction of sp³-hybridized carbons (Fsp3) is 0.462. The van der Waals surface area contributed by atoms with Crippen LogP contribution in [0.15, 0.2) is 30.3 Å². The van der Waals surface area contributed by atoms with E-state index in [2.05, 4.69) is 10.9 Å². The molecule has 0 aromatic heterocycles. The third-order valence-electron chi connectivity index (χ3n) is 2.89. The second-order valence-electron chi connectivity index (χ2n) is 4.24. The first-order valence-electron chi connectivity index (χ1n) is 6.02. The zero-order valence-corrected chi connectivity index (χ0v) is 9.82. The highest BCUT2D eigenvalue weighted by molar-refractivity contribution is 5.72. The Kier molecular flexibility index (Phi) is 4.53. The van der Waals surface area contributed by atoms with E-state index >= 15 is 0 Å². The Hall–Kier alpha value is -1.39. The van der Waals surface area contributed by atoms with Crippen molar-refractivity contribution in [2.75, 3.05) is 13.1 Å². The molecule has 0 aliphatic carbocycles. The van der Waals surface area contributed by atoms with Gasteiger partial charge in [-0.2, -0.15) is 0 Å². The molecule has 1 unspecified atom stereocenters. The smallest absolute Gasteiger partial charge is 0.310 e. The van der Waals surface area contributed by atoms with E-state index in [0.29, 0.717) is 13.2 Å². The van der Waals surface area contributed by atoms with Crippen molar-refractivity contribution >= 4 is 5.97 Å². The fourth-order valence-electron chi connectivity index (χ4n) is 1.87. The van der Waals surface area contributed by atoms with Gasteiger partial charge in [0.15, 0.2) is 0 Å². The Morgan fingerprint density at radius 2 is 2.12 bits per heavy atom. The van der Waals surface area contributed by atoms with Crippen LogP contribution in [0.1, 0.15) is 18.4 Å². The van der Waals surface area contributed by atoms with Crippen molar-refractivity contribution in [3.05, 3.63) is 35.9 Å². The Labute approximate surface area is 101 Å². The summed E-state index contributed by atoms with van der Waals surface area (Å²) in [6.07, 6.45) is 1.88. The van der Waals surface area contributed by atoms with Crippen molar-refractivity contribution in [2.45, 2.75) is 19.4 Å². The fourth-order valence-corrected chi connectivity index (χ4v) is 1.87. The second-order valence-corrected chi connectivity index (χ2v) is 4.24. The van der Waals surface area contributed by atoms with Gasteiger partial charge in [-0.15, -0.1) is 0 Å². The van der Waals surface area contributed by atoms with Crippen molar-refractivity contribution in [1.29, 1.82) is 0 Å². The van der Waals surface area contributed by atoms with Crippen LogP contribution < -0.4 is 10.9 Å². The van der Waals surface area contributed by atoms with Crippen molar-refractivity contribution in [3.63, 3.8) is 0 Å². The first kappa shape index (κ1) is 12.1. The molecule has 1 saturated heterocycles. The van der Waals surface area contributed by atoms with Crippen molar-refractivity contribution in [3.8, 4) is 0 Å². The molecule has 1 atom stereocenters. The second kappa shape index (κ2) is 6.37. The number of esters is 1. The molecule has 0 amide bonds. The zero-order valence-electron chi connectivity index (χ0n) is 9.82. The summed E-state index contributed by atoms with van der Waals surface area (Å²) in [5.41, 5.74) is 7.10. The summed E-state index contributed by atoms with van der Waals surface area (Å²) >= 11 is 0. The summed E-state index contributed by atoms with van der Waals surface area (Å²) in [6, 6.07) is 9.76. The van der Waals surface area contributed by atoms with Gasteiger partial charge in [0.25, 0.3) is 0 Å². The molecule has 0 bridgehead atoms. The lowest BCUT2D eigenvalue weighted by Gasteiger charge is -2.13. The number of benzene rings is 1. The number of hydrogen-bond acceptors (Lipinski definition) is 4. The SMILES string of the molecule is O=C(OCc1ccccc1)C1CCCNNC1.